The van der Waals surface area contributed by atoms with Crippen molar-refractivity contribution in [2.45, 2.75) is 38.3 Å². The Hall–Kier alpha value is -0.930. The van der Waals surface area contributed by atoms with Gasteiger partial charge in [-0.05, 0) is 38.4 Å². The van der Waals surface area contributed by atoms with Crippen molar-refractivity contribution in [2.24, 2.45) is 0 Å². The molecule has 0 bridgehead atoms. The van der Waals surface area contributed by atoms with Gasteiger partial charge < -0.3 is 5.11 Å². The van der Waals surface area contributed by atoms with Crippen LogP contribution in [0.2, 0.25) is 0 Å². The number of aromatic nitrogens is 1. The molecule has 3 nitrogen and oxygen atoms in total. The highest BCUT2D eigenvalue weighted by Crippen LogP contribution is 2.26. The van der Waals surface area contributed by atoms with E-state index in [9.17, 15) is 5.11 Å². The zero-order valence-corrected chi connectivity index (χ0v) is 9.84. The number of pyridine rings is 1. The molecule has 0 amide bonds. The van der Waals surface area contributed by atoms with Crippen LogP contribution in [-0.2, 0) is 0 Å². The van der Waals surface area contributed by atoms with Gasteiger partial charge in [-0.3, -0.25) is 9.88 Å². The molecule has 88 valence electrons. The van der Waals surface area contributed by atoms with Crippen molar-refractivity contribution in [3.8, 4) is 0 Å². The van der Waals surface area contributed by atoms with Gasteiger partial charge in [-0.2, -0.15) is 0 Å². The lowest BCUT2D eigenvalue weighted by Crippen LogP contribution is -2.43. The molecule has 1 N–H and O–H groups in total. The van der Waals surface area contributed by atoms with E-state index in [0.717, 1.165) is 18.7 Å². The minimum Gasteiger partial charge on any atom is -0.395 e. The van der Waals surface area contributed by atoms with E-state index in [1.54, 1.807) is 0 Å². The number of likely N-dealkylation sites (tertiary alicyclic amines) is 1. The minimum absolute atomic E-state index is 0.261. The first-order valence-corrected chi connectivity index (χ1v) is 6.10. The SMILES string of the molecule is C[C@@H](c1ccccn1)N1CCCC[C@@H]1CO. The quantitative estimate of drug-likeness (QED) is 0.846. The lowest BCUT2D eigenvalue weighted by atomic mass is 9.99. The molecule has 1 aromatic heterocycles. The van der Waals surface area contributed by atoms with Crippen molar-refractivity contribution in [3.05, 3.63) is 30.1 Å². The first kappa shape index (κ1) is 11.6. The maximum absolute atomic E-state index is 9.40. The number of rotatable bonds is 3. The van der Waals surface area contributed by atoms with Crippen LogP contribution < -0.4 is 0 Å². The van der Waals surface area contributed by atoms with Gasteiger partial charge in [0.2, 0.25) is 0 Å². The molecule has 2 atom stereocenters. The van der Waals surface area contributed by atoms with Crippen molar-refractivity contribution in [1.82, 2.24) is 9.88 Å². The van der Waals surface area contributed by atoms with Gasteiger partial charge in [0.05, 0.1) is 12.3 Å². The highest BCUT2D eigenvalue weighted by molar-refractivity contribution is 5.08. The van der Waals surface area contributed by atoms with E-state index in [1.165, 1.54) is 12.8 Å². The Bertz CT molecular complexity index is 315. The van der Waals surface area contributed by atoms with Gasteiger partial charge in [-0.1, -0.05) is 12.5 Å². The number of aliphatic hydroxyl groups excluding tert-OH is 1. The normalized spacial score (nSPS) is 24.2. The van der Waals surface area contributed by atoms with Crippen LogP contribution in [0.15, 0.2) is 24.4 Å². The molecule has 0 aliphatic carbocycles. The molecule has 1 saturated heterocycles. The van der Waals surface area contributed by atoms with Crippen molar-refractivity contribution in [2.75, 3.05) is 13.2 Å². The summed E-state index contributed by atoms with van der Waals surface area (Å²) in [6, 6.07) is 6.64. The third kappa shape index (κ3) is 2.42. The standard InChI is InChI=1S/C13H20N2O/c1-11(13-7-2-4-8-14-13)15-9-5-3-6-12(15)10-16/h2,4,7-8,11-12,16H,3,5-6,9-10H2,1H3/t11-,12+/m0/s1. The van der Waals surface area contributed by atoms with Gasteiger partial charge in [0.15, 0.2) is 0 Å². The highest BCUT2D eigenvalue weighted by atomic mass is 16.3. The Labute approximate surface area is 97.1 Å². The topological polar surface area (TPSA) is 36.4 Å². The molecule has 0 unspecified atom stereocenters. The van der Waals surface area contributed by atoms with Crippen LogP contribution in [0.5, 0.6) is 0 Å². The smallest absolute Gasteiger partial charge is 0.0587 e. The predicted molar refractivity (Wildman–Crippen MR) is 64.1 cm³/mol. The highest BCUT2D eigenvalue weighted by Gasteiger charge is 2.26. The van der Waals surface area contributed by atoms with E-state index in [1.807, 2.05) is 18.3 Å². The second kappa shape index (κ2) is 5.41. The Kier molecular flexibility index (Phi) is 3.91. The van der Waals surface area contributed by atoms with Crippen LogP contribution in [0, 0.1) is 0 Å². The summed E-state index contributed by atoms with van der Waals surface area (Å²) in [6.45, 7) is 3.51. The zero-order valence-electron chi connectivity index (χ0n) is 9.84. The van der Waals surface area contributed by atoms with Gasteiger partial charge in [-0.15, -0.1) is 0 Å². The molecule has 0 aromatic carbocycles. The Balaban J connectivity index is 2.10. The number of hydrogen-bond donors (Lipinski definition) is 1. The monoisotopic (exact) mass is 220 g/mol. The van der Waals surface area contributed by atoms with Gasteiger partial charge in [0.1, 0.15) is 0 Å². The van der Waals surface area contributed by atoms with Crippen LogP contribution in [0.4, 0.5) is 0 Å². The summed E-state index contributed by atoms with van der Waals surface area (Å²) < 4.78 is 0. The number of hydrogen-bond acceptors (Lipinski definition) is 3. The summed E-state index contributed by atoms with van der Waals surface area (Å²) in [6.07, 6.45) is 5.40. The third-order valence-electron chi connectivity index (χ3n) is 3.50. The third-order valence-corrected chi connectivity index (χ3v) is 3.50. The van der Waals surface area contributed by atoms with Crippen LogP contribution in [0.25, 0.3) is 0 Å². The molecule has 2 heterocycles. The molecule has 1 aliphatic rings. The van der Waals surface area contributed by atoms with E-state index in [-0.39, 0.29) is 6.61 Å². The minimum atomic E-state index is 0.261. The summed E-state index contributed by atoms with van der Waals surface area (Å²) >= 11 is 0. The molecular weight excluding hydrogens is 200 g/mol. The summed E-state index contributed by atoms with van der Waals surface area (Å²) in [5.41, 5.74) is 1.10. The number of nitrogens with zero attached hydrogens (tertiary/aromatic N) is 2. The predicted octanol–water partition coefficient (Wildman–Crippen LogP) is 1.99. The molecule has 1 fully saturated rings. The zero-order chi connectivity index (χ0) is 11.4. The van der Waals surface area contributed by atoms with Crippen LogP contribution in [0.3, 0.4) is 0 Å². The molecule has 1 aliphatic heterocycles. The lowest BCUT2D eigenvalue weighted by molar-refractivity contribution is 0.0574. The fourth-order valence-electron chi connectivity index (χ4n) is 2.52. The van der Waals surface area contributed by atoms with Crippen molar-refractivity contribution in [3.63, 3.8) is 0 Å². The molecule has 16 heavy (non-hydrogen) atoms. The van der Waals surface area contributed by atoms with E-state index in [0.29, 0.717) is 12.1 Å². The molecule has 1 aromatic rings. The average molecular weight is 220 g/mol. The summed E-state index contributed by atoms with van der Waals surface area (Å²) in [5.74, 6) is 0. The molecule has 3 heteroatoms. The summed E-state index contributed by atoms with van der Waals surface area (Å²) in [4.78, 5) is 6.78. The van der Waals surface area contributed by atoms with E-state index < -0.39 is 0 Å². The van der Waals surface area contributed by atoms with E-state index in [2.05, 4.69) is 22.9 Å². The second-order valence-corrected chi connectivity index (χ2v) is 4.50. The van der Waals surface area contributed by atoms with Crippen molar-refractivity contribution < 1.29 is 5.11 Å². The van der Waals surface area contributed by atoms with E-state index >= 15 is 0 Å². The van der Waals surface area contributed by atoms with Gasteiger partial charge >= 0.3 is 0 Å². The lowest BCUT2D eigenvalue weighted by Gasteiger charge is -2.38. The van der Waals surface area contributed by atoms with Gasteiger partial charge in [0.25, 0.3) is 0 Å². The fourth-order valence-corrected chi connectivity index (χ4v) is 2.52. The van der Waals surface area contributed by atoms with Crippen molar-refractivity contribution >= 4 is 0 Å². The number of aliphatic hydroxyl groups is 1. The Morgan fingerprint density at radius 1 is 1.50 bits per heavy atom. The molecule has 0 spiro atoms. The van der Waals surface area contributed by atoms with Crippen LogP contribution in [-0.4, -0.2) is 34.2 Å². The Morgan fingerprint density at radius 2 is 2.38 bits per heavy atom. The summed E-state index contributed by atoms with van der Waals surface area (Å²) in [5, 5.41) is 9.40. The molecule has 2 rings (SSSR count). The molecular formula is C13H20N2O. The summed E-state index contributed by atoms with van der Waals surface area (Å²) in [7, 11) is 0. The van der Waals surface area contributed by atoms with Crippen molar-refractivity contribution in [1.29, 1.82) is 0 Å². The molecule has 0 saturated carbocycles. The fraction of sp³-hybridized carbons (Fsp3) is 0.615. The van der Waals surface area contributed by atoms with Gasteiger partial charge in [-0.25, -0.2) is 0 Å². The number of piperidine rings is 1. The van der Waals surface area contributed by atoms with Crippen LogP contribution >= 0.6 is 0 Å². The molecule has 0 radical (unpaired) electrons. The largest absolute Gasteiger partial charge is 0.395 e. The van der Waals surface area contributed by atoms with Gasteiger partial charge in [0, 0.05) is 18.3 Å². The second-order valence-electron chi connectivity index (χ2n) is 4.50. The Morgan fingerprint density at radius 3 is 3.06 bits per heavy atom. The average Bonchev–Trinajstić information content (AvgIpc) is 2.39. The first-order valence-electron chi connectivity index (χ1n) is 6.10. The first-order chi connectivity index (χ1) is 7.83. The maximum Gasteiger partial charge on any atom is 0.0587 e. The van der Waals surface area contributed by atoms with Crippen LogP contribution in [0.1, 0.15) is 37.9 Å². The maximum atomic E-state index is 9.40. The van der Waals surface area contributed by atoms with E-state index in [4.69, 9.17) is 0 Å².